The first-order chi connectivity index (χ1) is 11.2. The zero-order valence-electron chi connectivity index (χ0n) is 12.7. The molecule has 120 valence electrons. The predicted octanol–water partition coefficient (Wildman–Crippen LogP) is 2.13. The Morgan fingerprint density at radius 2 is 2.00 bits per heavy atom. The van der Waals surface area contributed by atoms with Gasteiger partial charge in [0.2, 0.25) is 0 Å². The molecule has 0 fully saturated rings. The average molecular weight is 332 g/mol. The smallest absolute Gasteiger partial charge is 0.343 e. The van der Waals surface area contributed by atoms with Gasteiger partial charge in [0.1, 0.15) is 5.56 Å². The van der Waals surface area contributed by atoms with Crippen LogP contribution in [0.4, 0.5) is 5.82 Å². The van der Waals surface area contributed by atoms with E-state index in [1.54, 1.807) is 31.2 Å². The first-order valence-electron chi connectivity index (χ1n) is 6.85. The molecule has 0 radical (unpaired) electrons. The Bertz CT molecular complexity index is 694. The van der Waals surface area contributed by atoms with Crippen LogP contribution in [0.1, 0.15) is 27.6 Å². The van der Waals surface area contributed by atoms with Gasteiger partial charge in [0, 0.05) is 11.8 Å². The van der Waals surface area contributed by atoms with Crippen LogP contribution in [-0.4, -0.2) is 34.7 Å². The first kappa shape index (κ1) is 16.8. The highest BCUT2D eigenvalue weighted by atomic mass is 32.2. The van der Waals surface area contributed by atoms with Crippen molar-refractivity contribution in [1.82, 2.24) is 15.4 Å². The van der Waals surface area contributed by atoms with E-state index in [9.17, 15) is 9.59 Å². The largest absolute Gasteiger partial charge is 0.462 e. The van der Waals surface area contributed by atoms with Crippen LogP contribution < -0.4 is 10.9 Å². The molecular weight excluding hydrogens is 316 g/mol. The number of esters is 1. The van der Waals surface area contributed by atoms with Crippen LogP contribution in [0.2, 0.25) is 0 Å². The second-order valence-electron chi connectivity index (χ2n) is 4.28. The van der Waals surface area contributed by atoms with Gasteiger partial charge in [0.05, 0.1) is 6.61 Å². The van der Waals surface area contributed by atoms with Gasteiger partial charge in [-0.3, -0.25) is 15.6 Å². The maximum atomic E-state index is 12.0. The van der Waals surface area contributed by atoms with Gasteiger partial charge in [-0.1, -0.05) is 30.0 Å². The maximum Gasteiger partial charge on any atom is 0.343 e. The van der Waals surface area contributed by atoms with Crippen LogP contribution in [0.3, 0.4) is 0 Å². The third kappa shape index (κ3) is 4.43. The number of hydrazine groups is 1. The predicted molar refractivity (Wildman–Crippen MR) is 87.3 cm³/mol. The van der Waals surface area contributed by atoms with E-state index < -0.39 is 5.97 Å². The zero-order chi connectivity index (χ0) is 16.7. The Hall–Kier alpha value is -2.61. The second kappa shape index (κ2) is 8.14. The van der Waals surface area contributed by atoms with Gasteiger partial charge < -0.3 is 4.74 Å². The standard InChI is InChI=1S/C15H16N4O3S/c1-3-22-14(21)11-9-16-15(23-2)17-12(11)18-19-13(20)10-7-5-4-6-8-10/h4-9H,3H2,1-2H3,(H,19,20)(H,16,17,18). The molecule has 1 aromatic heterocycles. The van der Waals surface area contributed by atoms with Crippen LogP contribution in [-0.2, 0) is 4.74 Å². The molecule has 2 rings (SSSR count). The van der Waals surface area contributed by atoms with Crippen molar-refractivity contribution in [2.24, 2.45) is 0 Å². The Labute approximate surface area is 137 Å². The molecular formula is C15H16N4O3S. The van der Waals surface area contributed by atoms with Crippen molar-refractivity contribution in [3.8, 4) is 0 Å². The van der Waals surface area contributed by atoms with Gasteiger partial charge in [-0.15, -0.1) is 0 Å². The highest BCUT2D eigenvalue weighted by Gasteiger charge is 2.16. The summed E-state index contributed by atoms with van der Waals surface area (Å²) in [6.07, 6.45) is 3.18. The fourth-order valence-electron chi connectivity index (χ4n) is 1.70. The molecule has 0 spiro atoms. The van der Waals surface area contributed by atoms with E-state index in [1.165, 1.54) is 18.0 Å². The van der Waals surface area contributed by atoms with Crippen LogP contribution in [0.15, 0.2) is 41.7 Å². The lowest BCUT2D eigenvalue weighted by Crippen LogP contribution is -2.31. The number of amides is 1. The van der Waals surface area contributed by atoms with Crippen LogP contribution in [0, 0.1) is 0 Å². The van der Waals surface area contributed by atoms with E-state index in [-0.39, 0.29) is 23.9 Å². The number of carbonyl (C=O) groups excluding carboxylic acids is 2. The van der Waals surface area contributed by atoms with Gasteiger partial charge >= 0.3 is 5.97 Å². The normalized spacial score (nSPS) is 10.0. The summed E-state index contributed by atoms with van der Waals surface area (Å²) in [6.45, 7) is 1.94. The zero-order valence-corrected chi connectivity index (χ0v) is 13.5. The fraction of sp³-hybridized carbons (Fsp3) is 0.200. The Kier molecular flexibility index (Phi) is 5.93. The summed E-state index contributed by atoms with van der Waals surface area (Å²) in [7, 11) is 0. The summed E-state index contributed by atoms with van der Waals surface area (Å²) in [6, 6.07) is 8.69. The minimum Gasteiger partial charge on any atom is -0.462 e. The molecule has 0 atom stereocenters. The van der Waals surface area contributed by atoms with E-state index in [1.807, 2.05) is 12.3 Å². The van der Waals surface area contributed by atoms with Crippen molar-refractivity contribution < 1.29 is 14.3 Å². The molecule has 0 bridgehead atoms. The van der Waals surface area contributed by atoms with Crippen LogP contribution in [0.25, 0.3) is 0 Å². The number of ether oxygens (including phenoxy) is 1. The van der Waals surface area contributed by atoms with Crippen molar-refractivity contribution >= 4 is 29.5 Å². The molecule has 7 nitrogen and oxygen atoms in total. The molecule has 23 heavy (non-hydrogen) atoms. The molecule has 0 aliphatic carbocycles. The number of rotatable bonds is 6. The van der Waals surface area contributed by atoms with E-state index >= 15 is 0 Å². The number of nitrogens with zero attached hydrogens (tertiary/aromatic N) is 2. The van der Waals surface area contributed by atoms with Gasteiger partial charge in [-0.2, -0.15) is 0 Å². The molecule has 0 aliphatic rings. The molecule has 1 aromatic carbocycles. The second-order valence-corrected chi connectivity index (χ2v) is 5.06. The Balaban J connectivity index is 2.17. The van der Waals surface area contributed by atoms with E-state index in [0.29, 0.717) is 10.7 Å². The van der Waals surface area contributed by atoms with Crippen molar-refractivity contribution in [3.63, 3.8) is 0 Å². The Morgan fingerprint density at radius 3 is 2.65 bits per heavy atom. The molecule has 0 unspecified atom stereocenters. The molecule has 2 N–H and O–H groups in total. The number of anilines is 1. The average Bonchev–Trinajstić information content (AvgIpc) is 2.60. The molecule has 0 saturated carbocycles. The van der Waals surface area contributed by atoms with Crippen LogP contribution in [0.5, 0.6) is 0 Å². The molecule has 1 amide bonds. The number of hydrogen-bond acceptors (Lipinski definition) is 7. The Morgan fingerprint density at radius 1 is 1.26 bits per heavy atom. The van der Waals surface area contributed by atoms with E-state index in [2.05, 4.69) is 20.8 Å². The van der Waals surface area contributed by atoms with Gasteiger partial charge in [-0.25, -0.2) is 14.8 Å². The van der Waals surface area contributed by atoms with Crippen molar-refractivity contribution in [3.05, 3.63) is 47.7 Å². The van der Waals surface area contributed by atoms with E-state index in [4.69, 9.17) is 4.74 Å². The number of thioether (sulfide) groups is 1. The summed E-state index contributed by atoms with van der Waals surface area (Å²) in [5.41, 5.74) is 5.80. The van der Waals surface area contributed by atoms with Crippen molar-refractivity contribution in [1.29, 1.82) is 0 Å². The van der Waals surface area contributed by atoms with Crippen molar-refractivity contribution in [2.45, 2.75) is 12.1 Å². The molecule has 8 heteroatoms. The lowest BCUT2D eigenvalue weighted by molar-refractivity contribution is 0.0526. The summed E-state index contributed by atoms with van der Waals surface area (Å²) in [4.78, 5) is 32.2. The lowest BCUT2D eigenvalue weighted by atomic mass is 10.2. The number of carbonyl (C=O) groups is 2. The first-order valence-corrected chi connectivity index (χ1v) is 8.07. The summed E-state index contributed by atoms with van der Waals surface area (Å²) in [5, 5.41) is 0.467. The summed E-state index contributed by atoms with van der Waals surface area (Å²) in [5.74, 6) is -0.714. The third-order valence-electron chi connectivity index (χ3n) is 2.77. The molecule has 0 aliphatic heterocycles. The minimum atomic E-state index is -0.559. The minimum absolute atomic E-state index is 0.151. The van der Waals surface area contributed by atoms with E-state index in [0.717, 1.165) is 0 Å². The van der Waals surface area contributed by atoms with Gasteiger partial charge in [0.25, 0.3) is 5.91 Å². The SMILES string of the molecule is CCOC(=O)c1cnc(SC)nc1NNC(=O)c1ccccc1. The topological polar surface area (TPSA) is 93.2 Å². The van der Waals surface area contributed by atoms with Gasteiger partial charge in [-0.05, 0) is 25.3 Å². The van der Waals surface area contributed by atoms with Crippen molar-refractivity contribution in [2.75, 3.05) is 18.3 Å². The monoisotopic (exact) mass is 332 g/mol. The number of aromatic nitrogens is 2. The summed E-state index contributed by atoms with van der Waals surface area (Å²) >= 11 is 1.32. The highest BCUT2D eigenvalue weighted by molar-refractivity contribution is 7.98. The number of benzene rings is 1. The number of nitrogens with one attached hydrogen (secondary N) is 2. The third-order valence-corrected chi connectivity index (χ3v) is 3.34. The number of hydrogen-bond donors (Lipinski definition) is 2. The molecule has 1 heterocycles. The van der Waals surface area contributed by atoms with Gasteiger partial charge in [0.15, 0.2) is 11.0 Å². The molecule has 0 saturated heterocycles. The quantitative estimate of drug-likeness (QED) is 0.362. The van der Waals surface area contributed by atoms with Crippen LogP contribution >= 0.6 is 11.8 Å². The maximum absolute atomic E-state index is 12.0. The highest BCUT2D eigenvalue weighted by Crippen LogP contribution is 2.17. The fourth-order valence-corrected chi connectivity index (χ4v) is 2.04. The summed E-state index contributed by atoms with van der Waals surface area (Å²) < 4.78 is 4.96. The lowest BCUT2D eigenvalue weighted by Gasteiger charge is -2.12. The molecule has 2 aromatic rings.